The Morgan fingerprint density at radius 1 is 0.714 bits per heavy atom. The fraction of sp³-hybridized carbons (Fsp3) is 0.882. The molecule has 0 aliphatic heterocycles. The van der Waals surface area contributed by atoms with Crippen LogP contribution in [0.3, 0.4) is 0 Å². The van der Waals surface area contributed by atoms with E-state index in [1.54, 1.807) is 0 Å². The average molecular weight is 299 g/mol. The highest BCUT2D eigenvalue weighted by Crippen LogP contribution is 2.12. The maximum atomic E-state index is 11.3. The Morgan fingerprint density at radius 2 is 1.14 bits per heavy atom. The Balaban J connectivity index is 3.21. The van der Waals surface area contributed by atoms with Gasteiger partial charge in [0.15, 0.2) is 0 Å². The van der Waals surface area contributed by atoms with E-state index in [1.165, 1.54) is 57.8 Å². The van der Waals surface area contributed by atoms with Gasteiger partial charge in [-0.25, -0.2) is 0 Å². The van der Waals surface area contributed by atoms with E-state index in [2.05, 4.69) is 11.7 Å². The Labute approximate surface area is 129 Å². The third-order valence-corrected chi connectivity index (χ3v) is 3.56. The largest absolute Gasteiger partial charge is 0.393 e. The monoisotopic (exact) mass is 299 g/mol. The van der Waals surface area contributed by atoms with Gasteiger partial charge in [-0.3, -0.25) is 9.59 Å². The SMILES string of the molecule is CCCCCCCCCCCCCC(=O)OC(=O)CCN. The summed E-state index contributed by atoms with van der Waals surface area (Å²) in [5, 5.41) is 0. The fourth-order valence-electron chi connectivity index (χ4n) is 2.28. The van der Waals surface area contributed by atoms with Crippen LogP contribution in [0.1, 0.15) is 90.4 Å². The number of hydrogen-bond acceptors (Lipinski definition) is 4. The summed E-state index contributed by atoms with van der Waals surface area (Å²) in [5.74, 6) is -0.921. The van der Waals surface area contributed by atoms with Crippen molar-refractivity contribution >= 4 is 11.9 Å². The highest BCUT2D eigenvalue weighted by molar-refractivity contribution is 5.85. The number of hydrogen-bond donors (Lipinski definition) is 1. The number of nitrogens with two attached hydrogens (primary N) is 1. The quantitative estimate of drug-likeness (QED) is 0.298. The van der Waals surface area contributed by atoms with Crippen LogP contribution in [0.25, 0.3) is 0 Å². The van der Waals surface area contributed by atoms with Crippen LogP contribution in [0.4, 0.5) is 0 Å². The first-order valence-corrected chi connectivity index (χ1v) is 8.64. The smallest absolute Gasteiger partial charge is 0.314 e. The Bertz CT molecular complexity index is 267. The van der Waals surface area contributed by atoms with Crippen molar-refractivity contribution in [3.63, 3.8) is 0 Å². The number of esters is 2. The minimum Gasteiger partial charge on any atom is -0.393 e. The van der Waals surface area contributed by atoms with Crippen molar-refractivity contribution in [2.45, 2.75) is 90.4 Å². The van der Waals surface area contributed by atoms with E-state index in [0.717, 1.165) is 12.8 Å². The van der Waals surface area contributed by atoms with Crippen LogP contribution >= 0.6 is 0 Å². The van der Waals surface area contributed by atoms with Crippen molar-refractivity contribution in [2.75, 3.05) is 6.54 Å². The van der Waals surface area contributed by atoms with Crippen molar-refractivity contribution in [2.24, 2.45) is 5.73 Å². The van der Waals surface area contributed by atoms with Gasteiger partial charge in [-0.05, 0) is 6.42 Å². The van der Waals surface area contributed by atoms with E-state index >= 15 is 0 Å². The van der Waals surface area contributed by atoms with Crippen LogP contribution in [-0.2, 0) is 14.3 Å². The molecule has 0 rings (SSSR count). The summed E-state index contributed by atoms with van der Waals surface area (Å²) in [4.78, 5) is 22.3. The van der Waals surface area contributed by atoms with Crippen molar-refractivity contribution in [3.8, 4) is 0 Å². The minimum absolute atomic E-state index is 0.115. The van der Waals surface area contributed by atoms with Crippen LogP contribution < -0.4 is 5.73 Å². The Morgan fingerprint density at radius 3 is 1.62 bits per heavy atom. The van der Waals surface area contributed by atoms with Crippen molar-refractivity contribution < 1.29 is 14.3 Å². The van der Waals surface area contributed by atoms with E-state index in [0.29, 0.717) is 6.42 Å². The highest BCUT2D eigenvalue weighted by atomic mass is 16.6. The van der Waals surface area contributed by atoms with Gasteiger partial charge in [-0.2, -0.15) is 0 Å². The zero-order chi connectivity index (χ0) is 15.8. The lowest BCUT2D eigenvalue weighted by molar-refractivity contribution is -0.159. The predicted molar refractivity (Wildman–Crippen MR) is 85.8 cm³/mol. The van der Waals surface area contributed by atoms with E-state index in [-0.39, 0.29) is 13.0 Å². The molecule has 21 heavy (non-hydrogen) atoms. The van der Waals surface area contributed by atoms with Gasteiger partial charge in [0.25, 0.3) is 0 Å². The molecule has 0 heterocycles. The Kier molecular flexibility index (Phi) is 14.8. The molecule has 0 aromatic rings. The highest BCUT2D eigenvalue weighted by Gasteiger charge is 2.08. The van der Waals surface area contributed by atoms with E-state index < -0.39 is 11.9 Å². The molecular formula is C17H33NO3. The zero-order valence-corrected chi connectivity index (χ0v) is 13.7. The molecule has 0 spiro atoms. The summed E-state index contributed by atoms with van der Waals surface area (Å²) in [6.45, 7) is 2.47. The van der Waals surface area contributed by atoms with Gasteiger partial charge >= 0.3 is 11.9 Å². The summed E-state index contributed by atoms with van der Waals surface area (Å²) < 4.78 is 4.62. The molecule has 0 saturated heterocycles. The molecule has 0 aromatic heterocycles. The molecule has 2 N–H and O–H groups in total. The van der Waals surface area contributed by atoms with Gasteiger partial charge in [0, 0.05) is 13.0 Å². The lowest BCUT2D eigenvalue weighted by atomic mass is 10.1. The van der Waals surface area contributed by atoms with Crippen molar-refractivity contribution in [1.29, 1.82) is 0 Å². The number of unbranched alkanes of at least 4 members (excludes halogenated alkanes) is 10. The molecule has 4 heteroatoms. The van der Waals surface area contributed by atoms with Crippen LogP contribution in [0.2, 0.25) is 0 Å². The first kappa shape index (κ1) is 20.1. The fourth-order valence-corrected chi connectivity index (χ4v) is 2.28. The summed E-state index contributed by atoms with van der Waals surface area (Å²) in [6.07, 6.45) is 14.1. The molecule has 0 aliphatic rings. The van der Waals surface area contributed by atoms with Crippen molar-refractivity contribution in [3.05, 3.63) is 0 Å². The molecule has 124 valence electrons. The second kappa shape index (κ2) is 15.5. The van der Waals surface area contributed by atoms with Gasteiger partial charge in [-0.15, -0.1) is 0 Å². The molecule has 0 fully saturated rings. The summed E-state index contributed by atoms with van der Waals surface area (Å²) in [5.41, 5.74) is 5.21. The van der Waals surface area contributed by atoms with Crippen LogP contribution in [-0.4, -0.2) is 18.5 Å². The second-order valence-electron chi connectivity index (χ2n) is 5.67. The van der Waals surface area contributed by atoms with Crippen molar-refractivity contribution in [1.82, 2.24) is 0 Å². The standard InChI is InChI=1S/C17H33NO3/c1-2-3-4-5-6-7-8-9-10-11-12-13-16(19)21-17(20)14-15-18/h2-15,18H2,1H3. The maximum absolute atomic E-state index is 11.3. The molecule has 0 radical (unpaired) electrons. The van der Waals surface area contributed by atoms with Crippen LogP contribution in [0.5, 0.6) is 0 Å². The second-order valence-corrected chi connectivity index (χ2v) is 5.67. The first-order chi connectivity index (χ1) is 10.2. The average Bonchev–Trinajstić information content (AvgIpc) is 2.45. The maximum Gasteiger partial charge on any atom is 0.314 e. The number of carbonyl (C=O) groups is 2. The third-order valence-electron chi connectivity index (χ3n) is 3.56. The molecule has 0 bridgehead atoms. The molecule has 0 aromatic carbocycles. The van der Waals surface area contributed by atoms with Gasteiger partial charge in [0.2, 0.25) is 0 Å². The first-order valence-electron chi connectivity index (χ1n) is 8.64. The number of rotatable bonds is 14. The number of carbonyl (C=O) groups excluding carboxylic acids is 2. The predicted octanol–water partition coefficient (Wildman–Crippen LogP) is 4.11. The molecule has 0 unspecified atom stereocenters. The van der Waals surface area contributed by atoms with E-state index in [4.69, 9.17) is 5.73 Å². The van der Waals surface area contributed by atoms with Gasteiger partial charge in [0.1, 0.15) is 0 Å². The molecule has 0 saturated carbocycles. The Hall–Kier alpha value is -0.900. The molecule has 0 amide bonds. The topological polar surface area (TPSA) is 69.4 Å². The molecule has 0 aliphatic carbocycles. The van der Waals surface area contributed by atoms with E-state index in [1.807, 2.05) is 0 Å². The normalized spacial score (nSPS) is 10.6. The number of ether oxygens (including phenoxy) is 1. The summed E-state index contributed by atoms with van der Waals surface area (Å²) in [6, 6.07) is 0. The lowest BCUT2D eigenvalue weighted by Gasteiger charge is -2.03. The summed E-state index contributed by atoms with van der Waals surface area (Å²) >= 11 is 0. The molecular weight excluding hydrogens is 266 g/mol. The van der Waals surface area contributed by atoms with Gasteiger partial charge < -0.3 is 10.5 Å². The molecule has 4 nitrogen and oxygen atoms in total. The third kappa shape index (κ3) is 15.3. The van der Waals surface area contributed by atoms with Gasteiger partial charge in [0.05, 0.1) is 6.42 Å². The minimum atomic E-state index is -0.509. The molecule has 0 atom stereocenters. The zero-order valence-electron chi connectivity index (χ0n) is 13.7. The van der Waals surface area contributed by atoms with Crippen LogP contribution in [0, 0.1) is 0 Å². The van der Waals surface area contributed by atoms with Crippen LogP contribution in [0.15, 0.2) is 0 Å². The van der Waals surface area contributed by atoms with Gasteiger partial charge in [-0.1, -0.05) is 71.1 Å². The lowest BCUT2D eigenvalue weighted by Crippen LogP contribution is -2.15. The summed E-state index contributed by atoms with van der Waals surface area (Å²) in [7, 11) is 0. The van der Waals surface area contributed by atoms with E-state index in [9.17, 15) is 9.59 Å².